The van der Waals surface area contributed by atoms with Gasteiger partial charge in [-0.15, -0.1) is 0 Å². The topological polar surface area (TPSA) is 78.9 Å². The number of esters is 3. The summed E-state index contributed by atoms with van der Waals surface area (Å²) in [6, 6.07) is 0. The van der Waals surface area contributed by atoms with Crippen LogP contribution in [-0.4, -0.2) is 37.2 Å². The Morgan fingerprint density at radius 2 is 0.409 bits per heavy atom. The van der Waals surface area contributed by atoms with Gasteiger partial charge in [0.05, 0.1) is 0 Å². The molecule has 66 heavy (non-hydrogen) atoms. The Labute approximate surface area is 412 Å². The summed E-state index contributed by atoms with van der Waals surface area (Å²) >= 11 is 0. The lowest BCUT2D eigenvalue weighted by Gasteiger charge is -2.18. The number of carbonyl (C=O) groups excluding carboxylic acids is 3. The van der Waals surface area contributed by atoms with Gasteiger partial charge in [0.15, 0.2) is 6.10 Å². The van der Waals surface area contributed by atoms with Crippen molar-refractivity contribution in [2.75, 3.05) is 13.2 Å². The van der Waals surface area contributed by atoms with E-state index in [0.29, 0.717) is 19.3 Å². The monoisotopic (exact) mass is 933 g/mol. The van der Waals surface area contributed by atoms with Crippen molar-refractivity contribution in [2.24, 2.45) is 0 Å². The molecule has 1 atom stereocenters. The third-order valence-corrected chi connectivity index (χ3v) is 13.9. The van der Waals surface area contributed by atoms with Crippen molar-refractivity contribution >= 4 is 17.9 Å². The van der Waals surface area contributed by atoms with Crippen molar-refractivity contribution in [1.82, 2.24) is 0 Å². The molecule has 0 amide bonds. The molecule has 0 aliphatic rings. The number of hydrogen-bond acceptors (Lipinski definition) is 6. The van der Waals surface area contributed by atoms with E-state index in [2.05, 4.69) is 20.8 Å². The van der Waals surface area contributed by atoms with Crippen molar-refractivity contribution in [3.05, 3.63) is 0 Å². The Kier molecular flexibility index (Phi) is 54.7. The molecule has 0 aliphatic heterocycles. The summed E-state index contributed by atoms with van der Waals surface area (Å²) in [4.78, 5) is 37.7. The Hall–Kier alpha value is -1.59. The van der Waals surface area contributed by atoms with Gasteiger partial charge in [0.25, 0.3) is 0 Å². The van der Waals surface area contributed by atoms with Crippen LogP contribution < -0.4 is 0 Å². The van der Waals surface area contributed by atoms with E-state index < -0.39 is 6.10 Å². The van der Waals surface area contributed by atoms with Gasteiger partial charge in [-0.1, -0.05) is 310 Å². The third kappa shape index (κ3) is 53.4. The molecular formula is C60H116O6. The average molecular weight is 934 g/mol. The second kappa shape index (κ2) is 56.0. The molecule has 392 valence electrons. The van der Waals surface area contributed by atoms with E-state index in [9.17, 15) is 14.4 Å². The van der Waals surface area contributed by atoms with Gasteiger partial charge >= 0.3 is 17.9 Å². The standard InChI is InChI=1S/C60H116O6/c1-4-7-10-13-15-17-19-21-22-23-24-25-26-27-28-29-30-31-32-33-34-35-36-37-38-39-41-42-44-47-50-53-59(62)65-56-57(55-64-58(61)52-49-46-12-9-6-3)66-60(63)54-51-48-45-43-40-20-18-16-14-11-8-5-2/h57H,4-56H2,1-3H3. The van der Waals surface area contributed by atoms with E-state index in [4.69, 9.17) is 14.2 Å². The fraction of sp³-hybridized carbons (Fsp3) is 0.950. The van der Waals surface area contributed by atoms with Gasteiger partial charge in [-0.25, -0.2) is 0 Å². The van der Waals surface area contributed by atoms with Gasteiger partial charge in [-0.3, -0.25) is 14.4 Å². The van der Waals surface area contributed by atoms with Crippen LogP contribution in [0.5, 0.6) is 0 Å². The first-order chi connectivity index (χ1) is 32.5. The average Bonchev–Trinajstić information content (AvgIpc) is 3.31. The predicted molar refractivity (Wildman–Crippen MR) is 284 cm³/mol. The van der Waals surface area contributed by atoms with Crippen LogP contribution in [0, 0.1) is 0 Å². The van der Waals surface area contributed by atoms with Crippen LogP contribution in [0.25, 0.3) is 0 Å². The summed E-state index contributed by atoms with van der Waals surface area (Å²) in [5, 5.41) is 0. The van der Waals surface area contributed by atoms with Gasteiger partial charge in [0.2, 0.25) is 0 Å². The summed E-state index contributed by atoms with van der Waals surface area (Å²) in [5.74, 6) is -0.856. The highest BCUT2D eigenvalue weighted by Gasteiger charge is 2.19. The van der Waals surface area contributed by atoms with E-state index in [1.807, 2.05) is 0 Å². The molecule has 0 spiro atoms. The minimum absolute atomic E-state index is 0.0631. The molecule has 0 saturated carbocycles. The van der Waals surface area contributed by atoms with Crippen LogP contribution in [0.1, 0.15) is 348 Å². The van der Waals surface area contributed by atoms with Crippen molar-refractivity contribution < 1.29 is 28.6 Å². The Morgan fingerprint density at radius 1 is 0.242 bits per heavy atom. The third-order valence-electron chi connectivity index (χ3n) is 13.9. The highest BCUT2D eigenvalue weighted by atomic mass is 16.6. The Balaban J connectivity index is 3.83. The largest absolute Gasteiger partial charge is 0.462 e. The molecule has 0 radical (unpaired) electrons. The molecule has 0 saturated heterocycles. The van der Waals surface area contributed by atoms with Crippen molar-refractivity contribution in [2.45, 2.75) is 354 Å². The summed E-state index contributed by atoms with van der Waals surface area (Å²) in [5.41, 5.74) is 0. The van der Waals surface area contributed by atoms with Crippen LogP contribution in [0.4, 0.5) is 0 Å². The maximum atomic E-state index is 12.7. The lowest BCUT2D eigenvalue weighted by molar-refractivity contribution is -0.167. The van der Waals surface area contributed by atoms with Gasteiger partial charge in [-0.05, 0) is 19.3 Å². The maximum absolute atomic E-state index is 12.7. The number of carbonyl (C=O) groups is 3. The van der Waals surface area contributed by atoms with Gasteiger partial charge in [0.1, 0.15) is 13.2 Å². The molecular weight excluding hydrogens is 817 g/mol. The molecule has 0 heterocycles. The van der Waals surface area contributed by atoms with Crippen LogP contribution in [0.3, 0.4) is 0 Å². The second-order valence-corrected chi connectivity index (χ2v) is 20.6. The van der Waals surface area contributed by atoms with E-state index in [1.54, 1.807) is 0 Å². The molecule has 0 rings (SSSR count). The molecule has 0 aromatic rings. The molecule has 6 heteroatoms. The highest BCUT2D eigenvalue weighted by molar-refractivity contribution is 5.71. The first-order valence-corrected chi connectivity index (χ1v) is 30.0. The molecule has 0 aromatic carbocycles. The molecule has 0 aromatic heterocycles. The Morgan fingerprint density at radius 3 is 0.606 bits per heavy atom. The van der Waals surface area contributed by atoms with Crippen molar-refractivity contribution in [1.29, 1.82) is 0 Å². The van der Waals surface area contributed by atoms with E-state index >= 15 is 0 Å². The molecule has 6 nitrogen and oxygen atoms in total. The smallest absolute Gasteiger partial charge is 0.306 e. The number of unbranched alkanes of at least 4 members (excludes halogenated alkanes) is 45. The number of ether oxygens (including phenoxy) is 3. The predicted octanol–water partition coefficient (Wildman–Crippen LogP) is 19.9. The SMILES string of the molecule is CCCCCCCCCCCCCCCCCCCCCCCCCCCCCCCCCC(=O)OCC(COC(=O)CCCCCCC)OC(=O)CCCCCCCCCCCCCC. The molecule has 1 unspecified atom stereocenters. The number of hydrogen-bond donors (Lipinski definition) is 0. The lowest BCUT2D eigenvalue weighted by atomic mass is 10.0. The second-order valence-electron chi connectivity index (χ2n) is 20.6. The summed E-state index contributed by atoms with van der Waals surface area (Å²) < 4.78 is 16.7. The summed E-state index contributed by atoms with van der Waals surface area (Å²) in [6.45, 7) is 6.61. The maximum Gasteiger partial charge on any atom is 0.306 e. The zero-order valence-electron chi connectivity index (χ0n) is 45.0. The normalized spacial score (nSPS) is 11.9. The van der Waals surface area contributed by atoms with Crippen LogP contribution in [-0.2, 0) is 28.6 Å². The zero-order chi connectivity index (χ0) is 47.9. The lowest BCUT2D eigenvalue weighted by Crippen LogP contribution is -2.30. The van der Waals surface area contributed by atoms with E-state index in [-0.39, 0.29) is 31.1 Å². The molecule has 0 aliphatic carbocycles. The summed E-state index contributed by atoms with van der Waals surface area (Å²) in [6.07, 6.45) is 63.2. The summed E-state index contributed by atoms with van der Waals surface area (Å²) in [7, 11) is 0. The van der Waals surface area contributed by atoms with Crippen molar-refractivity contribution in [3.8, 4) is 0 Å². The minimum Gasteiger partial charge on any atom is -0.462 e. The van der Waals surface area contributed by atoms with Gasteiger partial charge in [-0.2, -0.15) is 0 Å². The van der Waals surface area contributed by atoms with Crippen LogP contribution in [0.2, 0.25) is 0 Å². The fourth-order valence-electron chi connectivity index (χ4n) is 9.33. The van der Waals surface area contributed by atoms with Gasteiger partial charge < -0.3 is 14.2 Å². The highest BCUT2D eigenvalue weighted by Crippen LogP contribution is 2.18. The number of rotatable bonds is 56. The molecule has 0 fully saturated rings. The Bertz CT molecular complexity index is 982. The molecule has 0 N–H and O–H groups in total. The van der Waals surface area contributed by atoms with E-state index in [1.165, 1.54) is 244 Å². The molecule has 0 bridgehead atoms. The van der Waals surface area contributed by atoms with E-state index in [0.717, 1.165) is 64.2 Å². The first-order valence-electron chi connectivity index (χ1n) is 30.0. The van der Waals surface area contributed by atoms with Crippen molar-refractivity contribution in [3.63, 3.8) is 0 Å². The van der Waals surface area contributed by atoms with Gasteiger partial charge in [0, 0.05) is 19.3 Å². The zero-order valence-corrected chi connectivity index (χ0v) is 45.0. The first kappa shape index (κ1) is 64.4. The quantitative estimate of drug-likeness (QED) is 0.0343. The minimum atomic E-state index is -0.758. The van der Waals surface area contributed by atoms with Crippen LogP contribution in [0.15, 0.2) is 0 Å². The van der Waals surface area contributed by atoms with Crippen LogP contribution >= 0.6 is 0 Å². The fourth-order valence-corrected chi connectivity index (χ4v) is 9.33.